The summed E-state index contributed by atoms with van der Waals surface area (Å²) in [5.41, 5.74) is -3.04. The highest BCUT2D eigenvalue weighted by Gasteiger charge is 2.43. The molecule has 0 aromatic heterocycles. The predicted octanol–water partition coefficient (Wildman–Crippen LogP) is -5.04. The van der Waals surface area contributed by atoms with Crippen molar-refractivity contribution in [2.75, 3.05) is 6.61 Å². The SMILES string of the molecule is O=C(O)CC(O)(CC(=O)OC(O)[C@H](O)[C@H](O)[C@H](O)[C@@H](O)CO)C(=O)O. The summed E-state index contributed by atoms with van der Waals surface area (Å²) in [5.74, 6) is -5.43. The van der Waals surface area contributed by atoms with E-state index in [1.807, 2.05) is 0 Å². The molecule has 0 saturated carbocycles. The summed E-state index contributed by atoms with van der Waals surface area (Å²) in [7, 11) is 0. The molecule has 0 fully saturated rings. The van der Waals surface area contributed by atoms with Crippen LogP contribution in [0.4, 0.5) is 0 Å². The van der Waals surface area contributed by atoms with E-state index in [0.717, 1.165) is 0 Å². The van der Waals surface area contributed by atoms with Gasteiger partial charge in [0.1, 0.15) is 24.4 Å². The highest BCUT2D eigenvalue weighted by molar-refractivity contribution is 5.88. The van der Waals surface area contributed by atoms with E-state index in [4.69, 9.17) is 20.4 Å². The van der Waals surface area contributed by atoms with Crippen LogP contribution in [0.5, 0.6) is 0 Å². The van der Waals surface area contributed by atoms with Crippen molar-refractivity contribution in [1.82, 2.24) is 0 Å². The lowest BCUT2D eigenvalue weighted by Gasteiger charge is -2.28. The summed E-state index contributed by atoms with van der Waals surface area (Å²) >= 11 is 0. The van der Waals surface area contributed by atoms with E-state index in [2.05, 4.69) is 4.74 Å². The molecular formula is C12H20O13. The Morgan fingerprint density at radius 2 is 1.40 bits per heavy atom. The average Bonchev–Trinajstić information content (AvgIpc) is 2.50. The minimum atomic E-state index is -3.04. The second-order valence-corrected chi connectivity index (χ2v) is 5.19. The number of carboxylic acid groups (broad SMARTS) is 2. The van der Waals surface area contributed by atoms with Crippen molar-refractivity contribution in [1.29, 1.82) is 0 Å². The van der Waals surface area contributed by atoms with Crippen LogP contribution in [0.25, 0.3) is 0 Å². The van der Waals surface area contributed by atoms with E-state index in [-0.39, 0.29) is 0 Å². The molecule has 13 nitrogen and oxygen atoms in total. The molecule has 0 amide bonds. The number of ether oxygens (including phenoxy) is 1. The maximum atomic E-state index is 11.5. The van der Waals surface area contributed by atoms with Crippen LogP contribution < -0.4 is 0 Å². The molecule has 0 heterocycles. The lowest BCUT2D eigenvalue weighted by atomic mass is 9.96. The van der Waals surface area contributed by atoms with Gasteiger partial charge in [-0.2, -0.15) is 0 Å². The number of carbonyl (C=O) groups excluding carboxylic acids is 1. The van der Waals surface area contributed by atoms with Gasteiger partial charge >= 0.3 is 17.9 Å². The maximum absolute atomic E-state index is 11.5. The molecular weight excluding hydrogens is 352 g/mol. The summed E-state index contributed by atoms with van der Waals surface area (Å²) in [5, 5.41) is 82.3. The molecule has 0 aliphatic carbocycles. The van der Waals surface area contributed by atoms with Crippen molar-refractivity contribution in [2.24, 2.45) is 0 Å². The Kier molecular flexibility index (Phi) is 8.86. The molecule has 0 spiro atoms. The first kappa shape index (κ1) is 23.1. The van der Waals surface area contributed by atoms with Crippen LogP contribution in [0, 0.1) is 0 Å². The number of hydrogen-bond acceptors (Lipinski definition) is 11. The smallest absolute Gasteiger partial charge is 0.336 e. The largest absolute Gasteiger partial charge is 0.481 e. The quantitative estimate of drug-likeness (QED) is 0.122. The lowest BCUT2D eigenvalue weighted by molar-refractivity contribution is -0.217. The van der Waals surface area contributed by atoms with Gasteiger partial charge in [-0.3, -0.25) is 9.59 Å². The van der Waals surface area contributed by atoms with Crippen molar-refractivity contribution in [3.8, 4) is 0 Å². The Bertz CT molecular complexity index is 480. The van der Waals surface area contributed by atoms with Gasteiger partial charge in [0.15, 0.2) is 5.60 Å². The lowest BCUT2D eigenvalue weighted by Crippen LogP contribution is -2.51. The first-order valence-electron chi connectivity index (χ1n) is 6.74. The Hall–Kier alpha value is -1.87. The molecule has 146 valence electrons. The Morgan fingerprint density at radius 3 is 1.80 bits per heavy atom. The number of carbonyl (C=O) groups is 3. The van der Waals surface area contributed by atoms with Gasteiger partial charge in [-0.1, -0.05) is 0 Å². The Balaban J connectivity index is 4.87. The summed E-state index contributed by atoms with van der Waals surface area (Å²) in [6.07, 6.45) is -14.0. The molecule has 0 aliphatic heterocycles. The van der Waals surface area contributed by atoms with Crippen LogP contribution in [0.2, 0.25) is 0 Å². The summed E-state index contributed by atoms with van der Waals surface area (Å²) in [4.78, 5) is 32.9. The topological polar surface area (TPSA) is 243 Å². The molecule has 13 heteroatoms. The van der Waals surface area contributed by atoms with Crippen molar-refractivity contribution < 1.29 is 65.1 Å². The van der Waals surface area contributed by atoms with Gasteiger partial charge < -0.3 is 50.7 Å². The number of aliphatic hydroxyl groups excluding tert-OH is 6. The van der Waals surface area contributed by atoms with Crippen LogP contribution in [-0.2, 0) is 19.1 Å². The maximum Gasteiger partial charge on any atom is 0.336 e. The molecule has 0 aromatic carbocycles. The Morgan fingerprint density at radius 1 is 0.880 bits per heavy atom. The summed E-state index contributed by atoms with van der Waals surface area (Å²) in [6, 6.07) is 0. The van der Waals surface area contributed by atoms with Crippen molar-refractivity contribution in [3.63, 3.8) is 0 Å². The fourth-order valence-corrected chi connectivity index (χ4v) is 1.66. The monoisotopic (exact) mass is 372 g/mol. The second kappa shape index (κ2) is 9.57. The van der Waals surface area contributed by atoms with Gasteiger partial charge in [-0.05, 0) is 0 Å². The number of hydrogen-bond donors (Lipinski definition) is 9. The highest BCUT2D eigenvalue weighted by Crippen LogP contribution is 2.18. The number of aliphatic carboxylic acids is 2. The van der Waals surface area contributed by atoms with E-state index < -0.39 is 73.7 Å². The predicted molar refractivity (Wildman–Crippen MR) is 72.7 cm³/mol. The van der Waals surface area contributed by atoms with Gasteiger partial charge in [0, 0.05) is 0 Å². The third-order valence-corrected chi connectivity index (χ3v) is 3.10. The van der Waals surface area contributed by atoms with Gasteiger partial charge in [-0.25, -0.2) is 4.79 Å². The van der Waals surface area contributed by atoms with Gasteiger partial charge in [0.05, 0.1) is 19.4 Å². The molecule has 0 bridgehead atoms. The number of aliphatic hydroxyl groups is 7. The highest BCUT2D eigenvalue weighted by atomic mass is 16.6. The van der Waals surface area contributed by atoms with E-state index in [9.17, 15) is 39.9 Å². The molecule has 9 N–H and O–H groups in total. The van der Waals surface area contributed by atoms with Crippen LogP contribution in [0.15, 0.2) is 0 Å². The van der Waals surface area contributed by atoms with E-state index in [1.165, 1.54) is 0 Å². The van der Waals surface area contributed by atoms with Gasteiger partial charge in [0.2, 0.25) is 6.29 Å². The fourth-order valence-electron chi connectivity index (χ4n) is 1.66. The Labute approximate surface area is 139 Å². The standard InChI is InChI=1S/C12H20O13/c13-3-4(14)7(18)8(19)9(20)10(21)25-6(17)2-12(24,11(22)23)1-5(15)16/h4,7-10,13-14,18-21,24H,1-3H2,(H,15,16)(H,22,23)/t4-,7+,8+,9+,10?,12?/m0/s1. The van der Waals surface area contributed by atoms with Crippen LogP contribution in [-0.4, -0.2) is 107 Å². The van der Waals surface area contributed by atoms with Crippen molar-refractivity contribution in [3.05, 3.63) is 0 Å². The minimum absolute atomic E-state index is 0.998. The van der Waals surface area contributed by atoms with Crippen molar-refractivity contribution in [2.45, 2.75) is 49.1 Å². The van der Waals surface area contributed by atoms with Gasteiger partial charge in [0.25, 0.3) is 0 Å². The second-order valence-electron chi connectivity index (χ2n) is 5.19. The molecule has 0 rings (SSSR count). The first-order chi connectivity index (χ1) is 11.4. The minimum Gasteiger partial charge on any atom is -0.481 e. The zero-order chi connectivity index (χ0) is 19.9. The van der Waals surface area contributed by atoms with E-state index in [1.54, 1.807) is 0 Å². The molecule has 0 radical (unpaired) electrons. The molecule has 0 aromatic rings. The van der Waals surface area contributed by atoms with Crippen LogP contribution in [0.3, 0.4) is 0 Å². The van der Waals surface area contributed by atoms with Gasteiger partial charge in [-0.15, -0.1) is 0 Å². The molecule has 0 saturated heterocycles. The number of esters is 1. The van der Waals surface area contributed by atoms with Crippen molar-refractivity contribution >= 4 is 17.9 Å². The molecule has 0 aliphatic rings. The molecule has 2 unspecified atom stereocenters. The third-order valence-electron chi connectivity index (χ3n) is 3.10. The van der Waals surface area contributed by atoms with Crippen LogP contribution in [0.1, 0.15) is 12.8 Å². The molecule has 6 atom stereocenters. The normalized spacial score (nSPS) is 19.8. The van der Waals surface area contributed by atoms with Crippen LogP contribution >= 0.6 is 0 Å². The van der Waals surface area contributed by atoms with E-state index >= 15 is 0 Å². The third kappa shape index (κ3) is 6.87. The summed E-state index contributed by atoms with van der Waals surface area (Å²) < 4.78 is 4.16. The number of carboxylic acids is 2. The molecule has 25 heavy (non-hydrogen) atoms. The average molecular weight is 372 g/mol. The fraction of sp³-hybridized carbons (Fsp3) is 0.750. The van der Waals surface area contributed by atoms with E-state index in [0.29, 0.717) is 0 Å². The first-order valence-corrected chi connectivity index (χ1v) is 6.74. The zero-order valence-corrected chi connectivity index (χ0v) is 12.7. The zero-order valence-electron chi connectivity index (χ0n) is 12.7. The summed E-state index contributed by atoms with van der Waals surface area (Å²) in [6.45, 7) is -0.998. The number of rotatable bonds is 11.